The van der Waals surface area contributed by atoms with Crippen LogP contribution in [0.4, 0.5) is 11.4 Å². The molecule has 0 saturated heterocycles. The van der Waals surface area contributed by atoms with Crippen LogP contribution >= 0.6 is 23.2 Å². The molecule has 0 heterocycles. The fourth-order valence-corrected chi connectivity index (χ4v) is 5.08. The van der Waals surface area contributed by atoms with Gasteiger partial charge in [-0.2, -0.15) is 0 Å². The Morgan fingerprint density at radius 3 is 2.28 bits per heavy atom. The molecule has 0 radical (unpaired) electrons. The van der Waals surface area contributed by atoms with Gasteiger partial charge in [0.2, 0.25) is 5.91 Å². The highest BCUT2D eigenvalue weighted by Gasteiger charge is 2.28. The van der Waals surface area contributed by atoms with Crippen LogP contribution in [-0.4, -0.2) is 28.0 Å². The highest BCUT2D eigenvalue weighted by Crippen LogP contribution is 2.30. The van der Waals surface area contributed by atoms with Gasteiger partial charge in [-0.05, 0) is 67.9 Å². The number of carbonyl (C=O) groups excluding carboxylic acids is 1. The van der Waals surface area contributed by atoms with E-state index in [4.69, 9.17) is 27.9 Å². The van der Waals surface area contributed by atoms with E-state index in [9.17, 15) is 13.2 Å². The number of nitrogens with zero attached hydrogens (tertiary/aromatic N) is 1. The molecule has 0 aliphatic rings. The molecule has 32 heavy (non-hydrogen) atoms. The molecule has 3 rings (SSSR count). The lowest BCUT2D eigenvalue weighted by atomic mass is 10.2. The Morgan fingerprint density at radius 2 is 1.69 bits per heavy atom. The molecule has 0 aliphatic carbocycles. The summed E-state index contributed by atoms with van der Waals surface area (Å²) in [5.74, 6) is -0.0682. The molecule has 0 fully saturated rings. The minimum Gasteiger partial charge on any atom is -0.495 e. The second-order valence-electron chi connectivity index (χ2n) is 7.15. The van der Waals surface area contributed by atoms with Gasteiger partial charge in [0, 0.05) is 10.7 Å². The van der Waals surface area contributed by atoms with Crippen molar-refractivity contribution in [3.8, 4) is 5.75 Å². The van der Waals surface area contributed by atoms with Crippen LogP contribution in [0.3, 0.4) is 0 Å². The topological polar surface area (TPSA) is 75.7 Å². The summed E-state index contributed by atoms with van der Waals surface area (Å²) in [7, 11) is -2.54. The third-order valence-electron chi connectivity index (χ3n) is 4.76. The van der Waals surface area contributed by atoms with Crippen molar-refractivity contribution in [2.75, 3.05) is 23.3 Å². The predicted octanol–water partition coefficient (Wildman–Crippen LogP) is 5.45. The molecule has 0 aliphatic heterocycles. The lowest BCUT2D eigenvalue weighted by Gasteiger charge is -2.26. The van der Waals surface area contributed by atoms with E-state index in [-0.39, 0.29) is 4.90 Å². The van der Waals surface area contributed by atoms with Gasteiger partial charge in [-0.3, -0.25) is 9.10 Å². The summed E-state index contributed by atoms with van der Waals surface area (Å²) in [4.78, 5) is 12.9. The summed E-state index contributed by atoms with van der Waals surface area (Å²) in [5.41, 5.74) is 2.32. The molecular formula is C23H22Cl2N2O4S. The maximum absolute atomic E-state index is 13.5. The van der Waals surface area contributed by atoms with Crippen LogP contribution in [0.5, 0.6) is 5.75 Å². The fourth-order valence-electron chi connectivity index (χ4n) is 3.11. The zero-order valence-electron chi connectivity index (χ0n) is 17.7. The van der Waals surface area contributed by atoms with Crippen molar-refractivity contribution in [2.45, 2.75) is 18.7 Å². The molecule has 3 aromatic rings. The number of benzene rings is 3. The summed E-state index contributed by atoms with van der Waals surface area (Å²) < 4.78 is 33.1. The Balaban J connectivity index is 1.96. The van der Waals surface area contributed by atoms with Crippen molar-refractivity contribution in [3.05, 3.63) is 81.8 Å². The van der Waals surface area contributed by atoms with Gasteiger partial charge in [0.15, 0.2) is 0 Å². The molecule has 1 N–H and O–H groups in total. The van der Waals surface area contributed by atoms with E-state index in [1.165, 1.54) is 25.3 Å². The molecule has 0 spiro atoms. The van der Waals surface area contributed by atoms with Crippen molar-refractivity contribution in [1.82, 2.24) is 0 Å². The second kappa shape index (κ2) is 9.81. The SMILES string of the molecule is COc1ccc(NC(=O)CN(c2ccc(Cl)cc2C)S(=O)(=O)c2ccc(C)cc2)cc1Cl. The lowest BCUT2D eigenvalue weighted by molar-refractivity contribution is -0.114. The Bertz CT molecular complexity index is 1250. The Morgan fingerprint density at radius 1 is 1.00 bits per heavy atom. The van der Waals surface area contributed by atoms with E-state index in [0.717, 1.165) is 9.87 Å². The van der Waals surface area contributed by atoms with E-state index in [1.807, 2.05) is 6.92 Å². The number of nitrogens with one attached hydrogen (secondary N) is 1. The van der Waals surface area contributed by atoms with Gasteiger partial charge in [0.05, 0.1) is 22.7 Å². The normalized spacial score (nSPS) is 11.2. The number of carbonyl (C=O) groups is 1. The average Bonchev–Trinajstić information content (AvgIpc) is 2.73. The molecule has 0 aromatic heterocycles. The standard InChI is InChI=1S/C23H22Cl2N2O4S/c1-15-4-8-19(9-5-15)32(29,30)27(21-10-6-17(24)12-16(21)2)14-23(28)26-18-7-11-22(31-3)20(25)13-18/h4-13H,14H2,1-3H3,(H,26,28). The lowest BCUT2D eigenvalue weighted by Crippen LogP contribution is -2.38. The number of aryl methyl sites for hydroxylation is 2. The minimum atomic E-state index is -4.03. The zero-order chi connectivity index (χ0) is 23.5. The summed E-state index contributed by atoms with van der Waals surface area (Å²) in [5, 5.41) is 3.48. The predicted molar refractivity (Wildman–Crippen MR) is 129 cm³/mol. The van der Waals surface area contributed by atoms with Crippen LogP contribution in [0, 0.1) is 13.8 Å². The van der Waals surface area contributed by atoms with Gasteiger partial charge in [-0.25, -0.2) is 8.42 Å². The second-order valence-corrected chi connectivity index (χ2v) is 9.86. The van der Waals surface area contributed by atoms with Crippen LogP contribution in [0.1, 0.15) is 11.1 Å². The number of rotatable bonds is 7. The van der Waals surface area contributed by atoms with E-state index in [0.29, 0.717) is 32.7 Å². The number of anilines is 2. The quantitative estimate of drug-likeness (QED) is 0.475. The molecule has 168 valence electrons. The molecule has 0 bridgehead atoms. The van der Waals surface area contributed by atoms with Crippen LogP contribution < -0.4 is 14.4 Å². The first-order valence-corrected chi connectivity index (χ1v) is 11.8. The maximum Gasteiger partial charge on any atom is 0.264 e. The van der Waals surface area contributed by atoms with Gasteiger partial charge in [0.25, 0.3) is 10.0 Å². The highest BCUT2D eigenvalue weighted by molar-refractivity contribution is 7.92. The number of amides is 1. The number of hydrogen-bond acceptors (Lipinski definition) is 4. The molecule has 0 unspecified atom stereocenters. The number of sulfonamides is 1. The summed E-state index contributed by atoms with van der Waals surface area (Å²) >= 11 is 12.2. The van der Waals surface area contributed by atoms with Crippen molar-refractivity contribution < 1.29 is 17.9 Å². The van der Waals surface area contributed by atoms with Crippen molar-refractivity contribution in [3.63, 3.8) is 0 Å². The van der Waals surface area contributed by atoms with Crippen LogP contribution in [-0.2, 0) is 14.8 Å². The van der Waals surface area contributed by atoms with Gasteiger partial charge < -0.3 is 10.1 Å². The first-order valence-electron chi connectivity index (χ1n) is 9.61. The molecule has 1 amide bonds. The van der Waals surface area contributed by atoms with Crippen molar-refractivity contribution in [1.29, 1.82) is 0 Å². The number of methoxy groups -OCH3 is 1. The Labute approximate surface area is 197 Å². The molecule has 9 heteroatoms. The third-order valence-corrected chi connectivity index (χ3v) is 7.06. The van der Waals surface area contributed by atoms with Gasteiger partial charge in [0.1, 0.15) is 12.3 Å². The monoisotopic (exact) mass is 492 g/mol. The van der Waals surface area contributed by atoms with E-state index >= 15 is 0 Å². The Kier molecular flexibility index (Phi) is 7.33. The average molecular weight is 493 g/mol. The van der Waals surface area contributed by atoms with Crippen LogP contribution in [0.15, 0.2) is 65.6 Å². The summed E-state index contributed by atoms with van der Waals surface area (Å²) in [6.07, 6.45) is 0. The third kappa shape index (κ3) is 5.35. The van der Waals surface area contributed by atoms with Crippen molar-refractivity contribution in [2.24, 2.45) is 0 Å². The first kappa shape index (κ1) is 23.9. The first-order chi connectivity index (χ1) is 15.1. The molecule has 6 nitrogen and oxygen atoms in total. The fraction of sp³-hybridized carbons (Fsp3) is 0.174. The zero-order valence-corrected chi connectivity index (χ0v) is 20.1. The number of halogens is 2. The van der Waals surface area contributed by atoms with Crippen LogP contribution in [0.2, 0.25) is 10.0 Å². The molecular weight excluding hydrogens is 471 g/mol. The summed E-state index contributed by atoms with van der Waals surface area (Å²) in [6, 6.07) is 16.0. The molecule has 0 saturated carbocycles. The Hall–Kier alpha value is -2.74. The minimum absolute atomic E-state index is 0.0812. The molecule has 3 aromatic carbocycles. The smallest absolute Gasteiger partial charge is 0.264 e. The highest BCUT2D eigenvalue weighted by atomic mass is 35.5. The maximum atomic E-state index is 13.5. The van der Waals surface area contributed by atoms with Gasteiger partial charge in [-0.1, -0.05) is 40.9 Å². The molecule has 0 atom stereocenters. The van der Waals surface area contributed by atoms with Gasteiger partial charge in [-0.15, -0.1) is 0 Å². The van der Waals surface area contributed by atoms with Gasteiger partial charge >= 0.3 is 0 Å². The van der Waals surface area contributed by atoms with Crippen molar-refractivity contribution >= 4 is 50.5 Å². The summed E-state index contributed by atoms with van der Waals surface area (Å²) in [6.45, 7) is 3.16. The van der Waals surface area contributed by atoms with E-state index in [2.05, 4.69) is 5.32 Å². The van der Waals surface area contributed by atoms with E-state index in [1.54, 1.807) is 49.4 Å². The number of hydrogen-bond donors (Lipinski definition) is 1. The largest absolute Gasteiger partial charge is 0.495 e. The van der Waals surface area contributed by atoms with E-state index < -0.39 is 22.5 Å². The van der Waals surface area contributed by atoms with Crippen LogP contribution in [0.25, 0.3) is 0 Å². The number of ether oxygens (including phenoxy) is 1.